The van der Waals surface area contributed by atoms with Crippen molar-refractivity contribution in [3.8, 4) is 0 Å². The molecule has 0 saturated heterocycles. The summed E-state index contributed by atoms with van der Waals surface area (Å²) in [5.74, 6) is 0. The normalized spacial score (nSPS) is 11.4. The highest BCUT2D eigenvalue weighted by Gasteiger charge is 2.17. The van der Waals surface area contributed by atoms with Crippen LogP contribution in [-0.2, 0) is 14.8 Å². The highest BCUT2D eigenvalue weighted by Crippen LogP contribution is 2.22. The first-order valence-electron chi connectivity index (χ1n) is 5.70. The summed E-state index contributed by atoms with van der Waals surface area (Å²) in [7, 11) is -3.67. The predicted molar refractivity (Wildman–Crippen MR) is 76.7 cm³/mol. The van der Waals surface area contributed by atoms with E-state index in [1.807, 2.05) is 0 Å². The molecule has 0 aliphatic rings. The Morgan fingerprint density at radius 3 is 2.84 bits per heavy atom. The van der Waals surface area contributed by atoms with E-state index in [0.717, 1.165) is 6.42 Å². The number of nitrogen functional groups attached to an aromatic ring is 1. The van der Waals surface area contributed by atoms with Crippen molar-refractivity contribution < 1.29 is 13.2 Å². The number of sulfonamides is 1. The van der Waals surface area contributed by atoms with Gasteiger partial charge in [-0.15, -0.1) is 6.58 Å². The van der Waals surface area contributed by atoms with Crippen molar-refractivity contribution in [2.45, 2.75) is 11.3 Å². The van der Waals surface area contributed by atoms with Crippen LogP contribution in [0.25, 0.3) is 0 Å². The van der Waals surface area contributed by atoms with E-state index in [9.17, 15) is 8.42 Å². The number of rotatable bonds is 8. The number of nitrogens with two attached hydrogens (primary N) is 1. The zero-order valence-electron chi connectivity index (χ0n) is 10.4. The topological polar surface area (TPSA) is 81.4 Å². The SMILES string of the molecule is C=CCCOCCNS(=O)(=O)c1cc(Cl)ccc1N. The van der Waals surface area contributed by atoms with Crippen LogP contribution in [0.4, 0.5) is 5.69 Å². The van der Waals surface area contributed by atoms with Gasteiger partial charge in [0.1, 0.15) is 4.90 Å². The van der Waals surface area contributed by atoms with Gasteiger partial charge in [0.15, 0.2) is 0 Å². The number of nitrogens with one attached hydrogen (secondary N) is 1. The van der Waals surface area contributed by atoms with Crippen LogP contribution < -0.4 is 10.5 Å². The average molecular weight is 305 g/mol. The molecule has 5 nitrogen and oxygen atoms in total. The highest BCUT2D eigenvalue weighted by atomic mass is 35.5. The Bertz CT molecular complexity index is 532. The van der Waals surface area contributed by atoms with Crippen LogP contribution in [0.1, 0.15) is 6.42 Å². The van der Waals surface area contributed by atoms with Gasteiger partial charge < -0.3 is 10.5 Å². The molecule has 1 aromatic carbocycles. The van der Waals surface area contributed by atoms with Crippen molar-refractivity contribution in [2.24, 2.45) is 0 Å². The van der Waals surface area contributed by atoms with E-state index in [1.165, 1.54) is 18.2 Å². The molecule has 1 aromatic rings. The fourth-order valence-corrected chi connectivity index (χ4v) is 2.74. The molecule has 0 amide bonds. The van der Waals surface area contributed by atoms with E-state index in [1.54, 1.807) is 6.08 Å². The first-order chi connectivity index (χ1) is 8.97. The molecule has 3 N–H and O–H groups in total. The summed E-state index contributed by atoms with van der Waals surface area (Å²) < 4.78 is 31.6. The maximum Gasteiger partial charge on any atom is 0.242 e. The molecule has 0 saturated carbocycles. The Morgan fingerprint density at radius 1 is 1.42 bits per heavy atom. The number of hydrogen-bond acceptors (Lipinski definition) is 4. The van der Waals surface area contributed by atoms with E-state index >= 15 is 0 Å². The van der Waals surface area contributed by atoms with Gasteiger partial charge in [-0.05, 0) is 24.6 Å². The molecule has 0 radical (unpaired) electrons. The summed E-state index contributed by atoms with van der Waals surface area (Å²) >= 11 is 5.76. The Balaban J connectivity index is 2.56. The highest BCUT2D eigenvalue weighted by molar-refractivity contribution is 7.89. The van der Waals surface area contributed by atoms with Gasteiger partial charge in [-0.25, -0.2) is 13.1 Å². The summed E-state index contributed by atoms with van der Waals surface area (Å²) in [6.07, 6.45) is 2.46. The molecular formula is C12H17ClN2O3S. The maximum atomic E-state index is 12.0. The summed E-state index contributed by atoms with van der Waals surface area (Å²) in [6, 6.07) is 4.31. The Kier molecular flexibility index (Phi) is 6.30. The largest absolute Gasteiger partial charge is 0.398 e. The number of ether oxygens (including phenoxy) is 1. The quantitative estimate of drug-likeness (QED) is 0.436. The third-order valence-corrected chi connectivity index (χ3v) is 4.02. The van der Waals surface area contributed by atoms with E-state index in [-0.39, 0.29) is 23.7 Å². The Labute approximate surface area is 118 Å². The summed E-state index contributed by atoms with van der Waals surface area (Å²) in [5.41, 5.74) is 5.78. The molecule has 0 heterocycles. The average Bonchev–Trinajstić information content (AvgIpc) is 2.36. The predicted octanol–water partition coefficient (Wildman–Crippen LogP) is 1.79. The molecular weight excluding hydrogens is 288 g/mol. The first-order valence-corrected chi connectivity index (χ1v) is 7.57. The van der Waals surface area contributed by atoms with Gasteiger partial charge in [-0.2, -0.15) is 0 Å². The van der Waals surface area contributed by atoms with Crippen LogP contribution in [0, 0.1) is 0 Å². The number of hydrogen-bond donors (Lipinski definition) is 2. The molecule has 19 heavy (non-hydrogen) atoms. The molecule has 7 heteroatoms. The third-order valence-electron chi connectivity index (χ3n) is 2.27. The van der Waals surface area contributed by atoms with E-state index in [0.29, 0.717) is 11.6 Å². The summed E-state index contributed by atoms with van der Waals surface area (Å²) in [4.78, 5) is -0.0221. The monoisotopic (exact) mass is 304 g/mol. The minimum Gasteiger partial charge on any atom is -0.398 e. The molecule has 0 aliphatic heterocycles. The van der Waals surface area contributed by atoms with E-state index in [2.05, 4.69) is 11.3 Å². The van der Waals surface area contributed by atoms with Crippen molar-refractivity contribution in [3.05, 3.63) is 35.9 Å². The lowest BCUT2D eigenvalue weighted by Gasteiger charge is -2.09. The van der Waals surface area contributed by atoms with Crippen molar-refractivity contribution in [3.63, 3.8) is 0 Å². The zero-order valence-corrected chi connectivity index (χ0v) is 12.0. The second-order valence-electron chi connectivity index (χ2n) is 3.77. The standard InChI is InChI=1S/C12H17ClN2O3S/c1-2-3-7-18-8-6-15-19(16,17)12-9-10(13)4-5-11(12)14/h2,4-5,9,15H,1,3,6-8,14H2. The lowest BCUT2D eigenvalue weighted by Crippen LogP contribution is -2.28. The van der Waals surface area contributed by atoms with Crippen molar-refractivity contribution >= 4 is 27.3 Å². The van der Waals surface area contributed by atoms with Crippen molar-refractivity contribution in [1.82, 2.24) is 4.72 Å². The van der Waals surface area contributed by atoms with Crippen molar-refractivity contribution in [2.75, 3.05) is 25.5 Å². The molecule has 0 aliphatic carbocycles. The van der Waals surface area contributed by atoms with Gasteiger partial charge in [-0.3, -0.25) is 0 Å². The van der Waals surface area contributed by atoms with E-state index < -0.39 is 10.0 Å². The Hall–Kier alpha value is -1.08. The molecule has 0 fully saturated rings. The third kappa shape index (κ3) is 5.20. The summed E-state index contributed by atoms with van der Waals surface area (Å²) in [6.45, 7) is 4.53. The second-order valence-corrected chi connectivity index (χ2v) is 5.94. The van der Waals surface area contributed by atoms with E-state index in [4.69, 9.17) is 22.1 Å². The first kappa shape index (κ1) is 16.0. The number of anilines is 1. The number of benzene rings is 1. The molecule has 0 aromatic heterocycles. The van der Waals surface area contributed by atoms with Gasteiger partial charge in [0, 0.05) is 11.6 Å². The molecule has 106 valence electrons. The van der Waals surface area contributed by atoms with Crippen LogP contribution in [0.5, 0.6) is 0 Å². The number of halogens is 1. The van der Waals surface area contributed by atoms with Gasteiger partial charge in [0.05, 0.1) is 18.9 Å². The maximum absolute atomic E-state index is 12.0. The molecule has 0 spiro atoms. The van der Waals surface area contributed by atoms with Crippen LogP contribution in [-0.4, -0.2) is 28.2 Å². The van der Waals surface area contributed by atoms with Crippen molar-refractivity contribution in [1.29, 1.82) is 0 Å². The lowest BCUT2D eigenvalue weighted by atomic mass is 10.3. The smallest absolute Gasteiger partial charge is 0.242 e. The van der Waals surface area contributed by atoms with Gasteiger partial charge in [-0.1, -0.05) is 17.7 Å². The van der Waals surface area contributed by atoms with Gasteiger partial charge in [0.25, 0.3) is 0 Å². The zero-order chi connectivity index (χ0) is 14.3. The Morgan fingerprint density at radius 2 is 2.16 bits per heavy atom. The van der Waals surface area contributed by atoms with Gasteiger partial charge >= 0.3 is 0 Å². The molecule has 0 unspecified atom stereocenters. The van der Waals surface area contributed by atoms with Crippen LogP contribution in [0.15, 0.2) is 35.7 Å². The van der Waals surface area contributed by atoms with Gasteiger partial charge in [0.2, 0.25) is 10.0 Å². The minimum atomic E-state index is -3.67. The molecule has 0 bridgehead atoms. The second kappa shape index (κ2) is 7.49. The molecule has 1 rings (SSSR count). The fourth-order valence-electron chi connectivity index (χ4n) is 1.34. The van der Waals surface area contributed by atoms with Crippen LogP contribution >= 0.6 is 11.6 Å². The lowest BCUT2D eigenvalue weighted by molar-refractivity contribution is 0.144. The minimum absolute atomic E-state index is 0.0221. The molecule has 0 atom stereocenters. The fraction of sp³-hybridized carbons (Fsp3) is 0.333. The van der Waals surface area contributed by atoms with Crippen LogP contribution in [0.2, 0.25) is 5.02 Å². The summed E-state index contributed by atoms with van der Waals surface area (Å²) in [5, 5.41) is 0.316. The van der Waals surface area contributed by atoms with Crippen LogP contribution in [0.3, 0.4) is 0 Å².